The van der Waals surface area contributed by atoms with Gasteiger partial charge in [0.15, 0.2) is 11.5 Å². The molecule has 1 aliphatic carbocycles. The van der Waals surface area contributed by atoms with E-state index in [2.05, 4.69) is 11.8 Å². The number of ether oxygens (including phenoxy) is 2. The van der Waals surface area contributed by atoms with Crippen LogP contribution in [0.5, 0.6) is 11.5 Å². The van der Waals surface area contributed by atoms with Gasteiger partial charge in [0.05, 0.1) is 0 Å². The molecule has 1 atom stereocenters. The third-order valence-electron chi connectivity index (χ3n) is 3.94. The highest BCUT2D eigenvalue weighted by Crippen LogP contribution is 2.34. The zero-order valence-corrected chi connectivity index (χ0v) is 11.5. The van der Waals surface area contributed by atoms with Gasteiger partial charge < -0.3 is 20.1 Å². The van der Waals surface area contributed by atoms with Gasteiger partial charge >= 0.3 is 0 Å². The van der Waals surface area contributed by atoms with Gasteiger partial charge in [-0.3, -0.25) is 0 Å². The number of likely N-dealkylation sites (N-methyl/N-ethyl adjacent to an activating group) is 1. The van der Waals surface area contributed by atoms with Crippen molar-refractivity contribution in [3.63, 3.8) is 0 Å². The molecule has 1 aromatic rings. The summed E-state index contributed by atoms with van der Waals surface area (Å²) in [6.45, 7) is 5.68. The molecule has 1 aromatic carbocycles. The largest absolute Gasteiger partial charge is 0.454 e. The third-order valence-corrected chi connectivity index (χ3v) is 3.94. The minimum Gasteiger partial charge on any atom is -0.454 e. The van der Waals surface area contributed by atoms with Crippen LogP contribution in [0.4, 0.5) is 0 Å². The molecule has 3 rings (SSSR count). The molecule has 0 saturated heterocycles. The van der Waals surface area contributed by atoms with Crippen molar-refractivity contribution in [2.45, 2.75) is 25.8 Å². The average molecular weight is 262 g/mol. The number of fused-ring (bicyclic) bond motifs is 1. The lowest BCUT2D eigenvalue weighted by atomic mass is 10.1. The van der Waals surface area contributed by atoms with Gasteiger partial charge in [-0.25, -0.2) is 0 Å². The highest BCUT2D eigenvalue weighted by Gasteiger charge is 2.25. The number of benzene rings is 1. The fourth-order valence-corrected chi connectivity index (χ4v) is 2.53. The zero-order valence-electron chi connectivity index (χ0n) is 11.5. The maximum absolute atomic E-state index is 6.32. The molecule has 2 N–H and O–H groups in total. The molecule has 1 aliphatic heterocycles. The second kappa shape index (κ2) is 5.39. The lowest BCUT2D eigenvalue weighted by Crippen LogP contribution is -2.33. The third kappa shape index (κ3) is 3.01. The Kier molecular flexibility index (Phi) is 3.62. The van der Waals surface area contributed by atoms with Crippen LogP contribution < -0.4 is 15.2 Å². The van der Waals surface area contributed by atoms with Crippen LogP contribution in [0.15, 0.2) is 18.2 Å². The van der Waals surface area contributed by atoms with Crippen LogP contribution in [0.2, 0.25) is 0 Å². The summed E-state index contributed by atoms with van der Waals surface area (Å²) < 4.78 is 10.7. The molecule has 0 radical (unpaired) electrons. The molecule has 2 aliphatic rings. The molecule has 0 spiro atoms. The Hall–Kier alpha value is -1.26. The summed E-state index contributed by atoms with van der Waals surface area (Å²) in [6, 6.07) is 6.05. The van der Waals surface area contributed by atoms with Crippen molar-refractivity contribution in [1.29, 1.82) is 0 Å². The van der Waals surface area contributed by atoms with Gasteiger partial charge in [0.2, 0.25) is 6.79 Å². The van der Waals surface area contributed by atoms with Crippen LogP contribution in [0.25, 0.3) is 0 Å². The van der Waals surface area contributed by atoms with E-state index in [1.165, 1.54) is 19.4 Å². The minimum absolute atomic E-state index is 0.0354. The predicted octanol–water partition coefficient (Wildman–Crippen LogP) is 2.15. The summed E-state index contributed by atoms with van der Waals surface area (Å²) in [5, 5.41) is 0. The molecule has 0 bridgehead atoms. The first kappa shape index (κ1) is 12.8. The Labute approximate surface area is 114 Å². The van der Waals surface area contributed by atoms with Gasteiger partial charge in [-0.05, 0) is 43.0 Å². The van der Waals surface area contributed by atoms with Crippen molar-refractivity contribution in [3.8, 4) is 11.5 Å². The van der Waals surface area contributed by atoms with E-state index in [1.807, 2.05) is 18.2 Å². The smallest absolute Gasteiger partial charge is 0.231 e. The molecule has 104 valence electrons. The van der Waals surface area contributed by atoms with Gasteiger partial charge in [0.1, 0.15) is 0 Å². The second-order valence-corrected chi connectivity index (χ2v) is 5.51. The van der Waals surface area contributed by atoms with Crippen LogP contribution in [0.3, 0.4) is 0 Å². The van der Waals surface area contributed by atoms with Gasteiger partial charge in [0.25, 0.3) is 0 Å². The van der Waals surface area contributed by atoms with E-state index in [0.717, 1.165) is 36.1 Å². The highest BCUT2D eigenvalue weighted by atomic mass is 16.7. The first-order valence-electron chi connectivity index (χ1n) is 7.13. The number of nitrogens with zero attached hydrogens (tertiary/aromatic N) is 1. The molecule has 1 saturated carbocycles. The molecule has 1 heterocycles. The summed E-state index contributed by atoms with van der Waals surface area (Å²) >= 11 is 0. The molecular formula is C15H22N2O2. The van der Waals surface area contributed by atoms with Crippen LogP contribution >= 0.6 is 0 Å². The molecule has 1 unspecified atom stereocenters. The Morgan fingerprint density at radius 2 is 2.11 bits per heavy atom. The van der Waals surface area contributed by atoms with Gasteiger partial charge in [-0.1, -0.05) is 13.0 Å². The van der Waals surface area contributed by atoms with Crippen molar-refractivity contribution >= 4 is 0 Å². The van der Waals surface area contributed by atoms with Crippen LogP contribution in [-0.2, 0) is 0 Å². The van der Waals surface area contributed by atoms with Crippen LogP contribution in [0.1, 0.15) is 31.4 Å². The van der Waals surface area contributed by atoms with E-state index in [-0.39, 0.29) is 6.04 Å². The van der Waals surface area contributed by atoms with E-state index in [1.54, 1.807) is 0 Å². The standard InChI is InChI=1S/C15H22N2O2/c1-2-17(8-11-3-4-11)9-13(16)12-5-6-14-15(7-12)19-10-18-14/h5-7,11,13H,2-4,8-10,16H2,1H3. The SMILES string of the molecule is CCN(CC1CC1)CC(N)c1ccc2c(c1)OCO2. The first-order valence-corrected chi connectivity index (χ1v) is 7.13. The Morgan fingerprint density at radius 1 is 1.32 bits per heavy atom. The van der Waals surface area contributed by atoms with E-state index in [0.29, 0.717) is 6.79 Å². The lowest BCUT2D eigenvalue weighted by molar-refractivity contribution is 0.174. The topological polar surface area (TPSA) is 47.7 Å². The van der Waals surface area contributed by atoms with Crippen molar-refractivity contribution in [2.24, 2.45) is 11.7 Å². The molecule has 19 heavy (non-hydrogen) atoms. The van der Waals surface area contributed by atoms with Crippen molar-refractivity contribution in [3.05, 3.63) is 23.8 Å². The van der Waals surface area contributed by atoms with Crippen molar-refractivity contribution in [1.82, 2.24) is 4.90 Å². The fourth-order valence-electron chi connectivity index (χ4n) is 2.53. The molecular weight excluding hydrogens is 240 g/mol. The van der Waals surface area contributed by atoms with E-state index >= 15 is 0 Å². The summed E-state index contributed by atoms with van der Waals surface area (Å²) in [5.74, 6) is 2.54. The summed E-state index contributed by atoms with van der Waals surface area (Å²) in [7, 11) is 0. The number of nitrogens with two attached hydrogens (primary N) is 1. The summed E-state index contributed by atoms with van der Waals surface area (Å²) in [5.41, 5.74) is 7.45. The predicted molar refractivity (Wildman–Crippen MR) is 74.3 cm³/mol. The molecule has 0 aromatic heterocycles. The maximum Gasteiger partial charge on any atom is 0.231 e. The first-order chi connectivity index (χ1) is 9.26. The number of hydrogen-bond donors (Lipinski definition) is 1. The van der Waals surface area contributed by atoms with Crippen LogP contribution in [0, 0.1) is 5.92 Å². The second-order valence-electron chi connectivity index (χ2n) is 5.51. The number of hydrogen-bond acceptors (Lipinski definition) is 4. The summed E-state index contributed by atoms with van der Waals surface area (Å²) in [6.07, 6.45) is 2.77. The Bertz CT molecular complexity index is 446. The quantitative estimate of drug-likeness (QED) is 0.853. The average Bonchev–Trinajstić information content (AvgIpc) is 3.11. The minimum atomic E-state index is 0.0354. The summed E-state index contributed by atoms with van der Waals surface area (Å²) in [4.78, 5) is 2.45. The Balaban J connectivity index is 1.63. The molecule has 4 nitrogen and oxygen atoms in total. The normalized spacial score (nSPS) is 18.9. The monoisotopic (exact) mass is 262 g/mol. The van der Waals surface area contributed by atoms with Crippen molar-refractivity contribution < 1.29 is 9.47 Å². The highest BCUT2D eigenvalue weighted by molar-refractivity contribution is 5.45. The zero-order chi connectivity index (χ0) is 13.2. The molecule has 0 amide bonds. The van der Waals surface area contributed by atoms with Gasteiger partial charge in [-0.15, -0.1) is 0 Å². The van der Waals surface area contributed by atoms with Crippen LogP contribution in [-0.4, -0.2) is 31.3 Å². The van der Waals surface area contributed by atoms with Gasteiger partial charge in [0, 0.05) is 19.1 Å². The van der Waals surface area contributed by atoms with E-state index in [9.17, 15) is 0 Å². The van der Waals surface area contributed by atoms with E-state index in [4.69, 9.17) is 15.2 Å². The Morgan fingerprint density at radius 3 is 2.84 bits per heavy atom. The van der Waals surface area contributed by atoms with E-state index < -0.39 is 0 Å². The fraction of sp³-hybridized carbons (Fsp3) is 0.600. The maximum atomic E-state index is 6.32. The lowest BCUT2D eigenvalue weighted by Gasteiger charge is -2.24. The van der Waals surface area contributed by atoms with Gasteiger partial charge in [-0.2, -0.15) is 0 Å². The van der Waals surface area contributed by atoms with Crippen molar-refractivity contribution in [2.75, 3.05) is 26.4 Å². The molecule has 1 fully saturated rings. The number of rotatable bonds is 6. The molecule has 4 heteroatoms.